The van der Waals surface area contributed by atoms with Gasteiger partial charge in [0.25, 0.3) is 5.56 Å². The SMILES string of the molecule is N#Cc1c(-c2ccccc2Cl)nc(SCc2nc3ccccc3[nH]2)[nH]c1=O. The van der Waals surface area contributed by atoms with Crippen LogP contribution in [0.4, 0.5) is 0 Å². The molecule has 0 saturated carbocycles. The van der Waals surface area contributed by atoms with E-state index in [1.54, 1.807) is 24.3 Å². The van der Waals surface area contributed by atoms with Gasteiger partial charge in [-0.05, 0) is 18.2 Å². The lowest BCUT2D eigenvalue weighted by Gasteiger charge is -2.07. The zero-order valence-corrected chi connectivity index (χ0v) is 15.4. The van der Waals surface area contributed by atoms with Crippen molar-refractivity contribution >= 4 is 34.4 Å². The number of benzene rings is 2. The topological polar surface area (TPSA) is 98.2 Å². The van der Waals surface area contributed by atoms with Crippen molar-refractivity contribution in [3.63, 3.8) is 0 Å². The van der Waals surface area contributed by atoms with Crippen LogP contribution in [0.3, 0.4) is 0 Å². The van der Waals surface area contributed by atoms with E-state index in [1.165, 1.54) is 11.8 Å². The van der Waals surface area contributed by atoms with Crippen LogP contribution in [-0.4, -0.2) is 19.9 Å². The second-order valence-electron chi connectivity index (χ2n) is 5.68. The lowest BCUT2D eigenvalue weighted by molar-refractivity contribution is 0.932. The van der Waals surface area contributed by atoms with Crippen molar-refractivity contribution in [2.24, 2.45) is 0 Å². The number of nitrogens with one attached hydrogen (secondary N) is 2. The maximum Gasteiger partial charge on any atom is 0.270 e. The summed E-state index contributed by atoms with van der Waals surface area (Å²) in [6, 6.07) is 16.7. The Bertz CT molecular complexity index is 1210. The monoisotopic (exact) mass is 393 g/mol. The molecule has 8 heteroatoms. The number of hydrogen-bond acceptors (Lipinski definition) is 5. The van der Waals surface area contributed by atoms with E-state index < -0.39 is 5.56 Å². The zero-order valence-electron chi connectivity index (χ0n) is 13.9. The summed E-state index contributed by atoms with van der Waals surface area (Å²) in [5.74, 6) is 1.26. The van der Waals surface area contributed by atoms with Crippen molar-refractivity contribution in [3.8, 4) is 17.3 Å². The number of fused-ring (bicyclic) bond motifs is 1. The number of nitriles is 1. The summed E-state index contributed by atoms with van der Waals surface area (Å²) in [6.45, 7) is 0. The van der Waals surface area contributed by atoms with Gasteiger partial charge in [0, 0.05) is 5.56 Å². The van der Waals surface area contributed by atoms with E-state index in [0.717, 1.165) is 16.9 Å². The van der Waals surface area contributed by atoms with Crippen LogP contribution in [-0.2, 0) is 5.75 Å². The summed E-state index contributed by atoms with van der Waals surface area (Å²) in [6.07, 6.45) is 0. The smallest absolute Gasteiger partial charge is 0.270 e. The van der Waals surface area contributed by atoms with Gasteiger partial charge in [-0.2, -0.15) is 5.26 Å². The zero-order chi connectivity index (χ0) is 18.8. The predicted molar refractivity (Wildman–Crippen MR) is 106 cm³/mol. The Kier molecular flexibility index (Phi) is 4.67. The molecule has 132 valence electrons. The third-order valence-electron chi connectivity index (χ3n) is 3.92. The number of rotatable bonds is 4. The summed E-state index contributed by atoms with van der Waals surface area (Å²) < 4.78 is 0. The molecule has 27 heavy (non-hydrogen) atoms. The standard InChI is InChI=1S/C19H12ClN5OS/c20-13-6-2-1-5-11(13)17-12(9-21)18(26)25-19(24-17)27-10-16-22-14-7-3-4-8-15(14)23-16/h1-8H,10H2,(H,22,23)(H,24,25,26). The first-order valence-electron chi connectivity index (χ1n) is 8.01. The second-order valence-corrected chi connectivity index (χ2v) is 7.05. The molecule has 0 saturated heterocycles. The molecule has 4 rings (SSSR count). The number of nitrogens with zero attached hydrogens (tertiary/aromatic N) is 3. The lowest BCUT2D eigenvalue weighted by Crippen LogP contribution is -2.15. The van der Waals surface area contributed by atoms with Gasteiger partial charge in [0.2, 0.25) is 0 Å². The average Bonchev–Trinajstić information content (AvgIpc) is 3.09. The molecule has 0 aliphatic carbocycles. The van der Waals surface area contributed by atoms with Crippen LogP contribution in [0, 0.1) is 11.3 Å². The minimum Gasteiger partial charge on any atom is -0.341 e. The van der Waals surface area contributed by atoms with Gasteiger partial charge in [0.1, 0.15) is 17.5 Å². The fraction of sp³-hybridized carbons (Fsp3) is 0.0526. The molecule has 2 heterocycles. The van der Waals surface area contributed by atoms with Crippen molar-refractivity contribution in [1.29, 1.82) is 5.26 Å². The van der Waals surface area contributed by atoms with E-state index in [4.69, 9.17) is 11.6 Å². The van der Waals surface area contributed by atoms with E-state index >= 15 is 0 Å². The van der Waals surface area contributed by atoms with Crippen LogP contribution in [0.5, 0.6) is 0 Å². The highest BCUT2D eigenvalue weighted by atomic mass is 35.5. The quantitative estimate of drug-likeness (QED) is 0.401. The molecule has 2 N–H and O–H groups in total. The largest absolute Gasteiger partial charge is 0.341 e. The number of para-hydroxylation sites is 2. The molecule has 0 bridgehead atoms. The Morgan fingerprint density at radius 3 is 2.63 bits per heavy atom. The third-order valence-corrected chi connectivity index (χ3v) is 5.14. The van der Waals surface area contributed by atoms with E-state index in [-0.39, 0.29) is 11.3 Å². The van der Waals surface area contributed by atoms with Gasteiger partial charge in [0.05, 0.1) is 27.5 Å². The second kappa shape index (κ2) is 7.27. The third kappa shape index (κ3) is 3.45. The minimum atomic E-state index is -0.491. The molecule has 0 amide bonds. The highest BCUT2D eigenvalue weighted by molar-refractivity contribution is 7.98. The van der Waals surface area contributed by atoms with Gasteiger partial charge in [-0.3, -0.25) is 4.79 Å². The van der Waals surface area contributed by atoms with Crippen molar-refractivity contribution in [2.75, 3.05) is 0 Å². The van der Waals surface area contributed by atoms with E-state index in [9.17, 15) is 10.1 Å². The normalized spacial score (nSPS) is 10.8. The van der Waals surface area contributed by atoms with Crippen molar-refractivity contribution in [3.05, 3.63) is 75.3 Å². The van der Waals surface area contributed by atoms with Crippen LogP contribution in [0.2, 0.25) is 5.02 Å². The highest BCUT2D eigenvalue weighted by Crippen LogP contribution is 2.29. The van der Waals surface area contributed by atoms with Crippen molar-refractivity contribution in [2.45, 2.75) is 10.9 Å². The Balaban J connectivity index is 1.68. The van der Waals surface area contributed by atoms with E-state index in [2.05, 4.69) is 19.9 Å². The molecule has 0 radical (unpaired) electrons. The van der Waals surface area contributed by atoms with E-state index in [1.807, 2.05) is 30.3 Å². The predicted octanol–water partition coefficient (Wildman–Crippen LogP) is 4.13. The van der Waals surface area contributed by atoms with Gasteiger partial charge < -0.3 is 9.97 Å². The molecular formula is C19H12ClN5OS. The number of aromatic nitrogens is 4. The van der Waals surface area contributed by atoms with Gasteiger partial charge in [-0.25, -0.2) is 9.97 Å². The Morgan fingerprint density at radius 2 is 1.85 bits per heavy atom. The van der Waals surface area contributed by atoms with Crippen LogP contribution >= 0.6 is 23.4 Å². The molecule has 2 aromatic heterocycles. The van der Waals surface area contributed by atoms with Crippen LogP contribution < -0.4 is 5.56 Å². The van der Waals surface area contributed by atoms with Crippen LogP contribution in [0.1, 0.15) is 11.4 Å². The summed E-state index contributed by atoms with van der Waals surface area (Å²) >= 11 is 7.55. The molecule has 0 spiro atoms. The first kappa shape index (κ1) is 17.3. The van der Waals surface area contributed by atoms with E-state index in [0.29, 0.717) is 21.5 Å². The fourth-order valence-electron chi connectivity index (χ4n) is 2.68. The Labute approximate surface area is 163 Å². The first-order valence-corrected chi connectivity index (χ1v) is 9.38. The highest BCUT2D eigenvalue weighted by Gasteiger charge is 2.16. The number of thioether (sulfide) groups is 1. The van der Waals surface area contributed by atoms with Crippen molar-refractivity contribution < 1.29 is 0 Å². The maximum atomic E-state index is 12.3. The van der Waals surface area contributed by atoms with Crippen LogP contribution in [0.15, 0.2) is 58.5 Å². The molecule has 0 unspecified atom stereocenters. The molecule has 6 nitrogen and oxygen atoms in total. The van der Waals surface area contributed by atoms with Gasteiger partial charge in [-0.15, -0.1) is 0 Å². The number of halogens is 1. The lowest BCUT2D eigenvalue weighted by atomic mass is 10.1. The van der Waals surface area contributed by atoms with Gasteiger partial charge in [-0.1, -0.05) is 53.7 Å². The number of hydrogen-bond donors (Lipinski definition) is 2. The molecular weight excluding hydrogens is 382 g/mol. The molecule has 2 aromatic carbocycles. The first-order chi connectivity index (χ1) is 13.2. The molecule has 0 fully saturated rings. The summed E-state index contributed by atoms with van der Waals surface area (Å²) in [7, 11) is 0. The number of H-pyrrole nitrogens is 2. The molecule has 0 aliphatic rings. The van der Waals surface area contributed by atoms with Gasteiger partial charge >= 0.3 is 0 Å². The van der Waals surface area contributed by atoms with Gasteiger partial charge in [0.15, 0.2) is 5.16 Å². The Hall–Kier alpha value is -3.08. The van der Waals surface area contributed by atoms with Crippen molar-refractivity contribution in [1.82, 2.24) is 19.9 Å². The molecule has 0 atom stereocenters. The number of imidazole rings is 1. The summed E-state index contributed by atoms with van der Waals surface area (Å²) in [5.41, 5.74) is 2.11. The summed E-state index contributed by atoms with van der Waals surface area (Å²) in [4.78, 5) is 27.2. The fourth-order valence-corrected chi connectivity index (χ4v) is 3.64. The molecule has 4 aromatic rings. The summed E-state index contributed by atoms with van der Waals surface area (Å²) in [5, 5.41) is 10.2. The average molecular weight is 394 g/mol. The Morgan fingerprint density at radius 1 is 1.07 bits per heavy atom. The molecule has 0 aliphatic heterocycles. The minimum absolute atomic E-state index is 0.0591. The number of aromatic amines is 2. The maximum absolute atomic E-state index is 12.3. The van der Waals surface area contributed by atoms with Crippen LogP contribution in [0.25, 0.3) is 22.3 Å².